The summed E-state index contributed by atoms with van der Waals surface area (Å²) in [5.74, 6) is 2.41. The zero-order chi connectivity index (χ0) is 17.8. The number of halogens is 1. The van der Waals surface area contributed by atoms with E-state index in [1.54, 1.807) is 0 Å². The van der Waals surface area contributed by atoms with Crippen molar-refractivity contribution >= 4 is 17.3 Å². The largest absolute Gasteiger partial charge is 0.489 e. The Labute approximate surface area is 157 Å². The molecule has 0 saturated heterocycles. The lowest BCUT2D eigenvalue weighted by Crippen LogP contribution is -2.00. The second-order valence-electron chi connectivity index (χ2n) is 5.98. The van der Waals surface area contributed by atoms with Crippen LogP contribution in [0, 0.1) is 0 Å². The van der Waals surface area contributed by atoms with E-state index in [2.05, 4.69) is 17.4 Å². The minimum absolute atomic E-state index is 0.288. The van der Waals surface area contributed by atoms with Crippen LogP contribution in [0.3, 0.4) is 0 Å². The molecule has 5 heteroatoms. The first-order valence-corrected chi connectivity index (χ1v) is 8.74. The number of nitrogens with one attached hydrogen (secondary N) is 1. The van der Waals surface area contributed by atoms with Crippen LogP contribution in [0.4, 0.5) is 5.69 Å². The van der Waals surface area contributed by atoms with E-state index < -0.39 is 0 Å². The van der Waals surface area contributed by atoms with Crippen LogP contribution >= 0.6 is 11.6 Å². The molecule has 0 fully saturated rings. The molecule has 26 heavy (non-hydrogen) atoms. The molecule has 1 aliphatic heterocycles. The van der Waals surface area contributed by atoms with Crippen LogP contribution in [0.25, 0.3) is 0 Å². The lowest BCUT2D eigenvalue weighted by atomic mass is 10.2. The van der Waals surface area contributed by atoms with Crippen LogP contribution in [0.1, 0.15) is 11.1 Å². The molecule has 3 aromatic carbocycles. The molecule has 0 spiro atoms. The molecule has 0 aromatic heterocycles. The number of rotatable bonds is 6. The number of benzene rings is 3. The predicted molar refractivity (Wildman–Crippen MR) is 102 cm³/mol. The summed E-state index contributed by atoms with van der Waals surface area (Å²) in [4.78, 5) is 0. The molecular formula is C21H18ClNO3. The van der Waals surface area contributed by atoms with E-state index >= 15 is 0 Å². The van der Waals surface area contributed by atoms with Crippen molar-refractivity contribution in [1.29, 1.82) is 0 Å². The van der Waals surface area contributed by atoms with Gasteiger partial charge in [0.15, 0.2) is 11.5 Å². The highest BCUT2D eigenvalue weighted by Crippen LogP contribution is 2.34. The Balaban J connectivity index is 1.30. The van der Waals surface area contributed by atoms with E-state index in [0.717, 1.165) is 40.1 Å². The predicted octanol–water partition coefficient (Wildman–Crippen LogP) is 5.26. The van der Waals surface area contributed by atoms with Gasteiger partial charge in [-0.1, -0.05) is 35.9 Å². The van der Waals surface area contributed by atoms with Crippen molar-refractivity contribution in [3.05, 3.63) is 82.9 Å². The molecule has 0 radical (unpaired) electrons. The number of fused-ring (bicyclic) bond motifs is 1. The van der Waals surface area contributed by atoms with Gasteiger partial charge in [0.1, 0.15) is 12.4 Å². The van der Waals surface area contributed by atoms with Gasteiger partial charge >= 0.3 is 0 Å². The maximum Gasteiger partial charge on any atom is 0.231 e. The Morgan fingerprint density at radius 2 is 1.58 bits per heavy atom. The molecule has 1 aliphatic rings. The van der Waals surface area contributed by atoms with Crippen LogP contribution in [-0.4, -0.2) is 6.79 Å². The van der Waals surface area contributed by atoms with Crippen molar-refractivity contribution in [3.8, 4) is 17.2 Å². The maximum absolute atomic E-state index is 5.89. The summed E-state index contributed by atoms with van der Waals surface area (Å²) in [6, 6.07) is 21.6. The molecule has 0 bridgehead atoms. The summed E-state index contributed by atoms with van der Waals surface area (Å²) in [7, 11) is 0. The van der Waals surface area contributed by atoms with E-state index in [1.807, 2.05) is 54.6 Å². The molecule has 4 nitrogen and oxygen atoms in total. The molecular weight excluding hydrogens is 350 g/mol. The fraction of sp³-hybridized carbons (Fsp3) is 0.143. The Morgan fingerprint density at radius 1 is 0.846 bits per heavy atom. The van der Waals surface area contributed by atoms with Crippen LogP contribution in [0.5, 0.6) is 17.2 Å². The topological polar surface area (TPSA) is 39.7 Å². The fourth-order valence-electron chi connectivity index (χ4n) is 2.66. The Hall–Kier alpha value is -2.85. The van der Waals surface area contributed by atoms with Gasteiger partial charge in [-0.15, -0.1) is 0 Å². The molecule has 4 rings (SSSR count). The normalized spacial score (nSPS) is 12.0. The lowest BCUT2D eigenvalue weighted by molar-refractivity contribution is 0.174. The monoisotopic (exact) mass is 367 g/mol. The fourth-order valence-corrected chi connectivity index (χ4v) is 2.79. The zero-order valence-electron chi connectivity index (χ0n) is 14.1. The standard InChI is InChI=1S/C21H18ClNO3/c22-17-5-1-16(2-6-17)13-24-19-8-3-15(4-9-19)12-23-18-7-10-20-21(11-18)26-14-25-20/h1-11,23H,12-14H2. The van der Waals surface area contributed by atoms with E-state index in [-0.39, 0.29) is 6.79 Å². The van der Waals surface area contributed by atoms with Gasteiger partial charge in [0.25, 0.3) is 0 Å². The second-order valence-corrected chi connectivity index (χ2v) is 6.42. The van der Waals surface area contributed by atoms with Gasteiger partial charge in [-0.05, 0) is 47.5 Å². The Kier molecular flexibility index (Phi) is 4.84. The third-order valence-electron chi connectivity index (χ3n) is 4.11. The summed E-state index contributed by atoms with van der Waals surface area (Å²) in [6.07, 6.45) is 0. The number of ether oxygens (including phenoxy) is 3. The van der Waals surface area contributed by atoms with E-state index in [1.165, 1.54) is 5.56 Å². The number of anilines is 1. The maximum atomic E-state index is 5.89. The van der Waals surface area contributed by atoms with Crippen LogP contribution in [-0.2, 0) is 13.2 Å². The summed E-state index contributed by atoms with van der Waals surface area (Å²) in [6.45, 7) is 1.53. The minimum atomic E-state index is 0.288. The molecule has 0 saturated carbocycles. The third kappa shape index (κ3) is 4.03. The first kappa shape index (κ1) is 16.6. The first-order chi connectivity index (χ1) is 12.8. The molecule has 132 valence electrons. The van der Waals surface area contributed by atoms with Crippen molar-refractivity contribution in [2.45, 2.75) is 13.2 Å². The minimum Gasteiger partial charge on any atom is -0.489 e. The molecule has 3 aromatic rings. The number of hydrogen-bond donors (Lipinski definition) is 1. The van der Waals surface area contributed by atoms with Crippen LogP contribution in [0.15, 0.2) is 66.7 Å². The molecule has 0 unspecified atom stereocenters. The van der Waals surface area contributed by atoms with Crippen molar-refractivity contribution in [3.63, 3.8) is 0 Å². The van der Waals surface area contributed by atoms with Crippen molar-refractivity contribution in [2.75, 3.05) is 12.1 Å². The van der Waals surface area contributed by atoms with Crippen LogP contribution < -0.4 is 19.5 Å². The molecule has 0 aliphatic carbocycles. The van der Waals surface area contributed by atoms with Crippen molar-refractivity contribution in [1.82, 2.24) is 0 Å². The van der Waals surface area contributed by atoms with Crippen molar-refractivity contribution in [2.24, 2.45) is 0 Å². The average molecular weight is 368 g/mol. The van der Waals surface area contributed by atoms with Crippen LogP contribution in [0.2, 0.25) is 5.02 Å². The molecule has 1 heterocycles. The first-order valence-electron chi connectivity index (χ1n) is 8.36. The quantitative estimate of drug-likeness (QED) is 0.645. The van der Waals surface area contributed by atoms with E-state index in [0.29, 0.717) is 6.61 Å². The smallest absolute Gasteiger partial charge is 0.231 e. The zero-order valence-corrected chi connectivity index (χ0v) is 14.8. The molecule has 0 atom stereocenters. The highest BCUT2D eigenvalue weighted by Gasteiger charge is 2.12. The number of hydrogen-bond acceptors (Lipinski definition) is 4. The Morgan fingerprint density at radius 3 is 2.38 bits per heavy atom. The van der Waals surface area contributed by atoms with Gasteiger partial charge in [-0.2, -0.15) is 0 Å². The highest BCUT2D eigenvalue weighted by molar-refractivity contribution is 6.30. The lowest BCUT2D eigenvalue weighted by Gasteiger charge is -2.09. The van der Waals surface area contributed by atoms with E-state index in [9.17, 15) is 0 Å². The van der Waals surface area contributed by atoms with E-state index in [4.69, 9.17) is 25.8 Å². The summed E-state index contributed by atoms with van der Waals surface area (Å²) in [5, 5.41) is 4.11. The van der Waals surface area contributed by atoms with Gasteiger partial charge in [0.2, 0.25) is 6.79 Å². The SMILES string of the molecule is Clc1ccc(COc2ccc(CNc3ccc4c(c3)OCO4)cc2)cc1. The highest BCUT2D eigenvalue weighted by atomic mass is 35.5. The van der Waals surface area contributed by atoms with Gasteiger partial charge < -0.3 is 19.5 Å². The Bertz CT molecular complexity index is 879. The summed E-state index contributed by atoms with van der Waals surface area (Å²) >= 11 is 5.89. The van der Waals surface area contributed by atoms with Crippen molar-refractivity contribution < 1.29 is 14.2 Å². The molecule has 0 amide bonds. The van der Waals surface area contributed by atoms with Gasteiger partial charge in [-0.25, -0.2) is 0 Å². The average Bonchev–Trinajstić information content (AvgIpc) is 3.14. The summed E-state index contributed by atoms with van der Waals surface area (Å²) < 4.78 is 16.5. The third-order valence-corrected chi connectivity index (χ3v) is 4.36. The second kappa shape index (κ2) is 7.58. The van der Waals surface area contributed by atoms with Gasteiger partial charge in [0.05, 0.1) is 0 Å². The molecule has 1 N–H and O–H groups in total. The summed E-state index contributed by atoms with van der Waals surface area (Å²) in [5.41, 5.74) is 3.25. The van der Waals surface area contributed by atoms with Gasteiger partial charge in [0, 0.05) is 23.3 Å². The van der Waals surface area contributed by atoms with Gasteiger partial charge in [-0.3, -0.25) is 0 Å².